The number of methoxy groups -OCH3 is 1. The Hall–Kier alpha value is -2.94. The van der Waals surface area contributed by atoms with Gasteiger partial charge in [-0.1, -0.05) is 0 Å². The summed E-state index contributed by atoms with van der Waals surface area (Å²) in [6.07, 6.45) is 0.761. The van der Waals surface area contributed by atoms with Gasteiger partial charge in [-0.15, -0.1) is 0 Å². The second-order valence-electron chi connectivity index (χ2n) is 6.94. The van der Waals surface area contributed by atoms with Crippen molar-refractivity contribution >= 4 is 0 Å². The zero-order valence-electron chi connectivity index (χ0n) is 15.7. The first-order valence-electron chi connectivity index (χ1n) is 8.67. The van der Waals surface area contributed by atoms with Crippen LogP contribution in [0.2, 0.25) is 0 Å². The molecule has 2 atom stereocenters. The third kappa shape index (κ3) is 2.34. The molecule has 0 amide bonds. The van der Waals surface area contributed by atoms with Gasteiger partial charge in [-0.2, -0.15) is 0 Å². The quantitative estimate of drug-likeness (QED) is 0.676. The van der Waals surface area contributed by atoms with Crippen molar-refractivity contribution in [3.8, 4) is 23.1 Å². The number of nitrogens with zero attached hydrogens (tertiary/aromatic N) is 2. The lowest BCUT2D eigenvalue weighted by molar-refractivity contribution is -0.908. The number of likely N-dealkylation sites (N-methyl/N-ethyl adjacent to an activating group) is 1. The molecule has 9 heteroatoms. The first kappa shape index (κ1) is 17.5. The fourth-order valence-electron chi connectivity index (χ4n) is 4.03. The summed E-state index contributed by atoms with van der Waals surface area (Å²) in [6.45, 7) is 0.848. The Bertz CT molecular complexity index is 1050. The van der Waals surface area contributed by atoms with Crippen LogP contribution in [0.1, 0.15) is 22.7 Å². The molecule has 0 aliphatic carbocycles. The lowest BCUT2D eigenvalue weighted by Crippen LogP contribution is -3.10. The standard InChI is InChI=1S/C18H21N3O6/c1-19-6-5-9-7-10-14(27-8-26-10)15(25-4)11(9)13(19)12-16(22)20(2)18(24)21(3)17(12)23/h7,13,22H,5-6,8H2,1-4H3/p+1/t13-/m0/s1. The van der Waals surface area contributed by atoms with E-state index in [0.717, 1.165) is 38.1 Å². The Morgan fingerprint density at radius 2 is 1.96 bits per heavy atom. The molecule has 0 saturated heterocycles. The third-order valence-corrected chi connectivity index (χ3v) is 5.47. The average Bonchev–Trinajstić information content (AvgIpc) is 3.13. The van der Waals surface area contributed by atoms with Crippen LogP contribution in [0.5, 0.6) is 23.1 Å². The van der Waals surface area contributed by atoms with E-state index in [2.05, 4.69) is 0 Å². The van der Waals surface area contributed by atoms with Crippen LogP contribution in [-0.4, -0.2) is 41.7 Å². The minimum atomic E-state index is -0.576. The van der Waals surface area contributed by atoms with Crippen molar-refractivity contribution in [1.82, 2.24) is 9.13 Å². The molecule has 0 spiro atoms. The summed E-state index contributed by atoms with van der Waals surface area (Å²) < 4.78 is 18.8. The van der Waals surface area contributed by atoms with E-state index in [1.807, 2.05) is 13.1 Å². The molecular weight excluding hydrogens is 354 g/mol. The molecule has 2 N–H and O–H groups in total. The maximum atomic E-state index is 12.9. The van der Waals surface area contributed by atoms with Crippen molar-refractivity contribution in [3.63, 3.8) is 0 Å². The highest BCUT2D eigenvalue weighted by molar-refractivity contribution is 5.62. The van der Waals surface area contributed by atoms with Gasteiger partial charge in [0.15, 0.2) is 17.5 Å². The van der Waals surface area contributed by atoms with Gasteiger partial charge in [0.05, 0.1) is 26.3 Å². The van der Waals surface area contributed by atoms with E-state index in [9.17, 15) is 14.7 Å². The Kier molecular flexibility index (Phi) is 3.92. The van der Waals surface area contributed by atoms with E-state index in [-0.39, 0.29) is 18.2 Å². The van der Waals surface area contributed by atoms with Crippen LogP contribution >= 0.6 is 0 Å². The molecule has 1 aromatic carbocycles. The topological polar surface area (TPSA) is 96.4 Å². The fraction of sp³-hybridized carbons (Fsp3) is 0.444. The molecule has 2 aromatic rings. The largest absolute Gasteiger partial charge is 0.494 e. The molecule has 27 heavy (non-hydrogen) atoms. The number of quaternary nitrogens is 1. The van der Waals surface area contributed by atoms with Gasteiger partial charge in [-0.25, -0.2) is 4.79 Å². The van der Waals surface area contributed by atoms with Crippen molar-refractivity contribution in [2.45, 2.75) is 12.5 Å². The number of fused-ring (bicyclic) bond motifs is 2. The number of rotatable bonds is 2. The van der Waals surface area contributed by atoms with E-state index in [4.69, 9.17) is 14.2 Å². The zero-order valence-corrected chi connectivity index (χ0v) is 15.7. The average molecular weight is 376 g/mol. The molecule has 144 valence electrons. The van der Waals surface area contributed by atoms with Crippen molar-refractivity contribution in [3.05, 3.63) is 43.6 Å². The van der Waals surface area contributed by atoms with Gasteiger partial charge in [0, 0.05) is 20.5 Å². The lowest BCUT2D eigenvalue weighted by atomic mass is 9.87. The number of aromatic nitrogens is 2. The number of nitrogens with one attached hydrogen (secondary N) is 1. The van der Waals surface area contributed by atoms with Crippen molar-refractivity contribution in [1.29, 1.82) is 0 Å². The van der Waals surface area contributed by atoms with Gasteiger partial charge in [-0.05, 0) is 11.6 Å². The predicted octanol–water partition coefficient (Wildman–Crippen LogP) is -1.31. The Balaban J connectivity index is 2.06. The maximum Gasteiger partial charge on any atom is 0.333 e. The van der Waals surface area contributed by atoms with E-state index >= 15 is 0 Å². The van der Waals surface area contributed by atoms with Gasteiger partial charge >= 0.3 is 5.69 Å². The van der Waals surface area contributed by atoms with Crippen molar-refractivity contribution in [2.75, 3.05) is 27.5 Å². The molecule has 0 fully saturated rings. The summed E-state index contributed by atoms with van der Waals surface area (Å²) >= 11 is 0. The van der Waals surface area contributed by atoms with Crippen molar-refractivity contribution in [2.24, 2.45) is 14.1 Å². The minimum absolute atomic E-state index is 0.106. The van der Waals surface area contributed by atoms with E-state index < -0.39 is 17.3 Å². The molecule has 0 bridgehead atoms. The molecule has 1 unspecified atom stereocenters. The molecule has 3 heterocycles. The molecule has 9 nitrogen and oxygen atoms in total. The monoisotopic (exact) mass is 376 g/mol. The molecule has 1 aromatic heterocycles. The maximum absolute atomic E-state index is 12.9. The summed E-state index contributed by atoms with van der Waals surface area (Å²) in [6, 6.07) is 1.40. The van der Waals surface area contributed by atoms with Crippen LogP contribution in [0.4, 0.5) is 0 Å². The second-order valence-corrected chi connectivity index (χ2v) is 6.94. The predicted molar refractivity (Wildman–Crippen MR) is 95.0 cm³/mol. The first-order valence-corrected chi connectivity index (χ1v) is 8.67. The number of hydrogen-bond donors (Lipinski definition) is 2. The minimum Gasteiger partial charge on any atom is -0.494 e. The fourth-order valence-corrected chi connectivity index (χ4v) is 4.03. The molecule has 4 rings (SSSR count). The van der Waals surface area contributed by atoms with Crippen LogP contribution < -0.4 is 30.4 Å². The highest BCUT2D eigenvalue weighted by Crippen LogP contribution is 2.48. The number of hydrogen-bond acceptors (Lipinski definition) is 6. The first-order chi connectivity index (χ1) is 12.9. The highest BCUT2D eigenvalue weighted by atomic mass is 16.7. The molecule has 2 aliphatic rings. The van der Waals surface area contributed by atoms with Gasteiger partial charge < -0.3 is 24.2 Å². The van der Waals surface area contributed by atoms with Crippen LogP contribution in [0.3, 0.4) is 0 Å². The number of ether oxygens (including phenoxy) is 3. The summed E-state index contributed by atoms with van der Waals surface area (Å²) in [5, 5.41) is 10.7. The van der Waals surface area contributed by atoms with Crippen LogP contribution in [0.15, 0.2) is 15.7 Å². The molecule has 0 radical (unpaired) electrons. The van der Waals surface area contributed by atoms with Crippen molar-refractivity contribution < 1.29 is 24.2 Å². The van der Waals surface area contributed by atoms with E-state index in [1.54, 1.807) is 0 Å². The lowest BCUT2D eigenvalue weighted by Gasteiger charge is -2.33. The van der Waals surface area contributed by atoms with Crippen LogP contribution in [0, 0.1) is 0 Å². The summed E-state index contributed by atoms with van der Waals surface area (Å²) in [4.78, 5) is 26.1. The molecular formula is C18H22N3O6+. The highest BCUT2D eigenvalue weighted by Gasteiger charge is 2.41. The van der Waals surface area contributed by atoms with Gasteiger partial charge in [0.2, 0.25) is 18.4 Å². The van der Waals surface area contributed by atoms with Crippen LogP contribution in [-0.2, 0) is 20.5 Å². The Labute approximate surface area is 154 Å². The summed E-state index contributed by atoms with van der Waals surface area (Å²) in [7, 11) is 6.33. The third-order valence-electron chi connectivity index (χ3n) is 5.47. The second kappa shape index (κ2) is 6.05. The zero-order chi connectivity index (χ0) is 19.5. The van der Waals surface area contributed by atoms with Crippen LogP contribution in [0.25, 0.3) is 0 Å². The number of aromatic hydroxyl groups is 1. The SMILES string of the molecule is COc1c2c(cc3c1[C@@H](c1c(O)n(C)c(=O)n(C)c1=O)[NH+](C)CC3)OCO2. The Morgan fingerprint density at radius 3 is 2.67 bits per heavy atom. The van der Waals surface area contributed by atoms with Gasteiger partial charge in [0.1, 0.15) is 5.56 Å². The number of benzene rings is 1. The smallest absolute Gasteiger partial charge is 0.333 e. The van der Waals surface area contributed by atoms with Gasteiger partial charge in [0.25, 0.3) is 5.56 Å². The normalized spacial score (nSPS) is 20.4. The summed E-state index contributed by atoms with van der Waals surface area (Å²) in [5.74, 6) is 1.28. The Morgan fingerprint density at radius 1 is 1.22 bits per heavy atom. The van der Waals surface area contributed by atoms with E-state index in [0.29, 0.717) is 17.2 Å². The molecule has 2 aliphatic heterocycles. The summed E-state index contributed by atoms with van der Waals surface area (Å²) in [5.41, 5.74) is 0.814. The van der Waals surface area contributed by atoms with E-state index in [1.165, 1.54) is 21.2 Å². The molecule has 0 saturated carbocycles. The van der Waals surface area contributed by atoms with Gasteiger partial charge in [-0.3, -0.25) is 13.9 Å².